The van der Waals surface area contributed by atoms with Gasteiger partial charge in [-0.15, -0.1) is 5.10 Å². The second-order valence-electron chi connectivity index (χ2n) is 6.12. The van der Waals surface area contributed by atoms with Gasteiger partial charge in [0.05, 0.1) is 12.6 Å². The Balaban J connectivity index is 1.96. The van der Waals surface area contributed by atoms with E-state index >= 15 is 0 Å². The number of hydrogen-bond donors (Lipinski definition) is 1. The third kappa shape index (κ3) is 2.74. The largest absolute Gasteiger partial charge is 0.314 e. The number of likely N-dealkylation sites (tertiary alicyclic amines) is 1. The maximum absolute atomic E-state index is 5.61. The fourth-order valence-electron chi connectivity index (χ4n) is 3.48. The van der Waals surface area contributed by atoms with Crippen LogP contribution in [0, 0.1) is 18.6 Å². The minimum absolute atomic E-state index is 0.724. The quantitative estimate of drug-likeness (QED) is 0.877. The van der Waals surface area contributed by atoms with Gasteiger partial charge in [0, 0.05) is 11.4 Å². The third-order valence-electron chi connectivity index (χ3n) is 4.59. The van der Waals surface area contributed by atoms with E-state index in [-0.39, 0.29) is 0 Å². The molecule has 1 fully saturated rings. The molecule has 6 heteroatoms. The Morgan fingerprint density at radius 3 is 2.95 bits per heavy atom. The van der Waals surface area contributed by atoms with E-state index in [9.17, 15) is 0 Å². The molecule has 2 aromatic rings. The first kappa shape index (κ1) is 14.7. The van der Waals surface area contributed by atoms with Crippen molar-refractivity contribution in [1.82, 2.24) is 19.2 Å². The molecule has 1 unspecified atom stereocenters. The number of piperidine rings is 1. The lowest BCUT2D eigenvalue weighted by Gasteiger charge is -2.31. The summed E-state index contributed by atoms with van der Waals surface area (Å²) in [4.78, 5) is 6.11. The van der Waals surface area contributed by atoms with E-state index in [1.165, 1.54) is 32.2 Å². The van der Waals surface area contributed by atoms with E-state index in [1.54, 1.807) is 4.90 Å². The molecule has 1 N–H and O–H groups in total. The van der Waals surface area contributed by atoms with Crippen LogP contribution >= 0.6 is 12.2 Å². The summed E-state index contributed by atoms with van der Waals surface area (Å²) >= 11 is 5.61. The summed E-state index contributed by atoms with van der Waals surface area (Å²) in [5.41, 5.74) is 2.10. The lowest BCUT2D eigenvalue weighted by molar-refractivity contribution is -0.953. The molecule has 2 atom stereocenters. The second-order valence-corrected chi connectivity index (χ2v) is 6.49. The zero-order valence-corrected chi connectivity index (χ0v) is 13.9. The molecule has 0 aromatic carbocycles. The third-order valence-corrected chi connectivity index (χ3v) is 4.99. The van der Waals surface area contributed by atoms with Gasteiger partial charge in [-0.25, -0.2) is 4.98 Å². The molecule has 3 rings (SSSR count). The van der Waals surface area contributed by atoms with Gasteiger partial charge >= 0.3 is 0 Å². The van der Waals surface area contributed by atoms with Crippen LogP contribution in [0.5, 0.6) is 0 Å². The van der Waals surface area contributed by atoms with Crippen LogP contribution in [0.2, 0.25) is 0 Å². The van der Waals surface area contributed by atoms with Gasteiger partial charge in [-0.1, -0.05) is 6.92 Å². The van der Waals surface area contributed by atoms with Crippen LogP contribution in [-0.4, -0.2) is 31.8 Å². The summed E-state index contributed by atoms with van der Waals surface area (Å²) in [5, 5.41) is 4.64. The SMILES string of the molecule is CC[C@H]1CCCC[NH+]1Cn1nc2nc(C)cc(C)n2c1=S. The molecular formula is C15H24N5S+. The Kier molecular flexibility index (Phi) is 4.08. The number of hydrogen-bond acceptors (Lipinski definition) is 3. The molecule has 2 aromatic heterocycles. The molecule has 0 aliphatic carbocycles. The molecule has 0 bridgehead atoms. The zero-order chi connectivity index (χ0) is 15.0. The Morgan fingerprint density at radius 2 is 2.19 bits per heavy atom. The lowest BCUT2D eigenvalue weighted by atomic mass is 10.0. The molecule has 21 heavy (non-hydrogen) atoms. The minimum atomic E-state index is 0.724. The number of aryl methyl sites for hydroxylation is 2. The van der Waals surface area contributed by atoms with Gasteiger partial charge in [-0.2, -0.15) is 4.68 Å². The Labute approximate surface area is 130 Å². The van der Waals surface area contributed by atoms with Crippen molar-refractivity contribution in [2.75, 3.05) is 6.54 Å². The predicted molar refractivity (Wildman–Crippen MR) is 85.0 cm³/mol. The maximum Gasteiger partial charge on any atom is 0.254 e. The predicted octanol–water partition coefficient (Wildman–Crippen LogP) is 1.68. The first-order valence-electron chi connectivity index (χ1n) is 7.88. The first-order chi connectivity index (χ1) is 10.1. The summed E-state index contributed by atoms with van der Waals surface area (Å²) in [6.45, 7) is 8.43. The van der Waals surface area contributed by atoms with Crippen molar-refractivity contribution in [2.24, 2.45) is 0 Å². The van der Waals surface area contributed by atoms with Crippen molar-refractivity contribution in [3.63, 3.8) is 0 Å². The molecule has 5 nitrogen and oxygen atoms in total. The van der Waals surface area contributed by atoms with Crippen molar-refractivity contribution >= 4 is 18.0 Å². The van der Waals surface area contributed by atoms with E-state index in [0.717, 1.165) is 34.6 Å². The highest BCUT2D eigenvalue weighted by molar-refractivity contribution is 7.71. The van der Waals surface area contributed by atoms with Crippen LogP contribution in [0.1, 0.15) is 44.0 Å². The van der Waals surface area contributed by atoms with Crippen LogP contribution in [-0.2, 0) is 6.67 Å². The minimum Gasteiger partial charge on any atom is -0.314 e. The lowest BCUT2D eigenvalue weighted by Crippen LogP contribution is -3.15. The highest BCUT2D eigenvalue weighted by Gasteiger charge is 2.25. The normalized spacial score (nSPS) is 22.8. The number of rotatable bonds is 3. The monoisotopic (exact) mass is 306 g/mol. The highest BCUT2D eigenvalue weighted by atomic mass is 32.1. The fraction of sp³-hybridized carbons (Fsp3) is 0.667. The number of aromatic nitrogens is 4. The van der Waals surface area contributed by atoms with Crippen molar-refractivity contribution in [3.8, 4) is 0 Å². The number of nitrogens with zero attached hydrogens (tertiary/aromatic N) is 4. The van der Waals surface area contributed by atoms with Gasteiger partial charge in [0.2, 0.25) is 4.77 Å². The van der Waals surface area contributed by atoms with Crippen molar-refractivity contribution in [2.45, 2.75) is 59.2 Å². The highest BCUT2D eigenvalue weighted by Crippen LogP contribution is 2.08. The molecule has 0 saturated carbocycles. The zero-order valence-electron chi connectivity index (χ0n) is 13.1. The van der Waals surface area contributed by atoms with Crippen molar-refractivity contribution in [1.29, 1.82) is 0 Å². The Morgan fingerprint density at radius 1 is 1.38 bits per heavy atom. The summed E-state index contributed by atoms with van der Waals surface area (Å²) in [7, 11) is 0. The van der Waals surface area contributed by atoms with Crippen LogP contribution in [0.25, 0.3) is 5.78 Å². The Hall–Kier alpha value is -1.27. The van der Waals surface area contributed by atoms with Crippen LogP contribution < -0.4 is 4.90 Å². The summed E-state index contributed by atoms with van der Waals surface area (Å²) in [6.07, 6.45) is 5.22. The van der Waals surface area contributed by atoms with Gasteiger partial charge in [-0.05, 0) is 57.8 Å². The maximum atomic E-state index is 5.61. The number of fused-ring (bicyclic) bond motifs is 1. The topological polar surface area (TPSA) is 39.6 Å². The summed E-state index contributed by atoms with van der Waals surface area (Å²) in [5.74, 6) is 0.724. The van der Waals surface area contributed by atoms with E-state index in [4.69, 9.17) is 12.2 Å². The van der Waals surface area contributed by atoms with Crippen molar-refractivity contribution < 1.29 is 4.90 Å². The van der Waals surface area contributed by atoms with Crippen LogP contribution in [0.3, 0.4) is 0 Å². The molecule has 1 saturated heterocycles. The second kappa shape index (κ2) is 5.85. The molecule has 3 heterocycles. The van der Waals surface area contributed by atoms with E-state index in [2.05, 4.69) is 30.0 Å². The number of quaternary nitrogens is 1. The standard InChI is InChI=1S/C15H23N5S/c1-4-13-7-5-6-8-18(13)10-19-15(21)20-12(3)9-11(2)16-14(20)17-19/h9,13H,4-8,10H2,1-3H3/p+1/t13-/m0/s1. The average molecular weight is 306 g/mol. The smallest absolute Gasteiger partial charge is 0.254 e. The average Bonchev–Trinajstić information content (AvgIpc) is 2.76. The molecule has 114 valence electrons. The van der Waals surface area contributed by atoms with Gasteiger partial charge in [-0.3, -0.25) is 4.40 Å². The Bertz CT molecular complexity index is 702. The van der Waals surface area contributed by atoms with E-state index < -0.39 is 0 Å². The summed E-state index contributed by atoms with van der Waals surface area (Å²) in [6, 6.07) is 2.79. The van der Waals surface area contributed by atoms with Gasteiger partial charge in [0.15, 0.2) is 6.67 Å². The van der Waals surface area contributed by atoms with Crippen LogP contribution in [0.15, 0.2) is 6.07 Å². The van der Waals surface area contributed by atoms with Gasteiger partial charge in [0.1, 0.15) is 0 Å². The molecule has 1 aliphatic heterocycles. The molecular weight excluding hydrogens is 282 g/mol. The number of nitrogens with one attached hydrogen (secondary N) is 1. The fourth-order valence-corrected chi connectivity index (χ4v) is 3.81. The molecule has 0 spiro atoms. The first-order valence-corrected chi connectivity index (χ1v) is 8.29. The molecule has 1 aliphatic rings. The van der Waals surface area contributed by atoms with Gasteiger partial charge < -0.3 is 4.90 Å². The van der Waals surface area contributed by atoms with E-state index in [1.807, 2.05) is 16.0 Å². The molecule has 0 amide bonds. The van der Waals surface area contributed by atoms with Gasteiger partial charge in [0.25, 0.3) is 5.78 Å². The van der Waals surface area contributed by atoms with Crippen molar-refractivity contribution in [3.05, 3.63) is 22.2 Å². The van der Waals surface area contributed by atoms with E-state index in [0.29, 0.717) is 0 Å². The summed E-state index contributed by atoms with van der Waals surface area (Å²) < 4.78 is 4.71. The van der Waals surface area contributed by atoms with Crippen LogP contribution in [0.4, 0.5) is 0 Å². The molecule has 0 radical (unpaired) electrons.